The molecule has 1 aromatic carbocycles. The van der Waals surface area contributed by atoms with Crippen LogP contribution in [0, 0.1) is 0 Å². The summed E-state index contributed by atoms with van der Waals surface area (Å²) in [6.45, 7) is 9.30. The summed E-state index contributed by atoms with van der Waals surface area (Å²) < 4.78 is 35.3. The highest BCUT2D eigenvalue weighted by Gasteiger charge is 2.21. The highest BCUT2D eigenvalue weighted by Crippen LogP contribution is 2.29. The number of ether oxygens (including phenoxy) is 2. The van der Waals surface area contributed by atoms with E-state index in [4.69, 9.17) is 9.47 Å². The molecule has 1 N–H and O–H groups in total. The van der Waals surface area contributed by atoms with Gasteiger partial charge in [0.15, 0.2) is 9.84 Å². The second-order valence-corrected chi connectivity index (χ2v) is 9.88. The second-order valence-electron chi connectivity index (χ2n) is 7.90. The summed E-state index contributed by atoms with van der Waals surface area (Å²) in [5.41, 5.74) is 0.931. The Kier molecular flexibility index (Phi) is 8.14. The van der Waals surface area contributed by atoms with Crippen LogP contribution in [0.3, 0.4) is 0 Å². The number of amides is 1. The van der Waals surface area contributed by atoms with E-state index in [0.29, 0.717) is 23.5 Å². The zero-order valence-corrected chi connectivity index (χ0v) is 18.3. The molecule has 7 heteroatoms. The maximum absolute atomic E-state index is 12.3. The highest BCUT2D eigenvalue weighted by atomic mass is 32.2. The lowest BCUT2D eigenvalue weighted by atomic mass is 10.0. The summed E-state index contributed by atoms with van der Waals surface area (Å²) in [5.74, 6) is 0.631. The van der Waals surface area contributed by atoms with Crippen LogP contribution < -0.4 is 10.1 Å². The highest BCUT2D eigenvalue weighted by molar-refractivity contribution is 7.90. The molecule has 1 atom stereocenters. The van der Waals surface area contributed by atoms with Gasteiger partial charge in [0, 0.05) is 12.3 Å². The van der Waals surface area contributed by atoms with Gasteiger partial charge in [-0.15, -0.1) is 0 Å². The Morgan fingerprint density at radius 1 is 1.22 bits per heavy atom. The molecule has 6 nitrogen and oxygen atoms in total. The number of rotatable bonds is 8. The lowest BCUT2D eigenvalue weighted by molar-refractivity contribution is 0.0508. The van der Waals surface area contributed by atoms with E-state index in [0.717, 1.165) is 24.0 Å². The monoisotopic (exact) mass is 399 g/mol. The van der Waals surface area contributed by atoms with Crippen molar-refractivity contribution in [1.29, 1.82) is 0 Å². The van der Waals surface area contributed by atoms with Gasteiger partial charge in [0.05, 0.1) is 12.0 Å². The first-order valence-electron chi connectivity index (χ1n) is 9.26. The second kappa shape index (κ2) is 9.44. The molecule has 0 fully saturated rings. The first kappa shape index (κ1) is 23.3. The molecule has 0 spiro atoms. The number of carbonyl (C=O) groups excluding carboxylic acids is 1. The molecule has 0 heterocycles. The number of sulfone groups is 1. The Labute approximate surface area is 163 Å². The van der Waals surface area contributed by atoms with E-state index in [9.17, 15) is 13.2 Å². The summed E-state index contributed by atoms with van der Waals surface area (Å²) in [6, 6.07) is 3.23. The van der Waals surface area contributed by atoms with E-state index >= 15 is 0 Å². The summed E-state index contributed by atoms with van der Waals surface area (Å²) in [4.78, 5) is 12.3. The fraction of sp³-hybridized carbons (Fsp3) is 0.650. The number of hydrogen-bond acceptors (Lipinski definition) is 5. The minimum atomic E-state index is -3.36. The third-order valence-corrected chi connectivity index (χ3v) is 5.13. The number of unbranched alkanes of at least 4 members (excludes halogenated alkanes) is 1. The number of nitrogens with one attached hydrogen (secondary N) is 1. The van der Waals surface area contributed by atoms with Gasteiger partial charge in [0.25, 0.3) is 0 Å². The third-order valence-electron chi connectivity index (χ3n) is 3.95. The zero-order valence-electron chi connectivity index (χ0n) is 17.5. The third kappa shape index (κ3) is 7.79. The van der Waals surface area contributed by atoms with Crippen LogP contribution in [0.1, 0.15) is 58.6 Å². The van der Waals surface area contributed by atoms with Crippen LogP contribution in [0.15, 0.2) is 17.0 Å². The largest absolute Gasteiger partial charge is 0.496 e. The quantitative estimate of drug-likeness (QED) is 0.717. The molecule has 0 aliphatic rings. The van der Waals surface area contributed by atoms with E-state index in [-0.39, 0.29) is 6.04 Å². The molecule has 1 rings (SSSR count). The zero-order chi connectivity index (χ0) is 20.8. The molecule has 0 bridgehead atoms. The fourth-order valence-corrected chi connectivity index (χ4v) is 3.78. The topological polar surface area (TPSA) is 81.7 Å². The lowest BCUT2D eigenvalue weighted by Crippen LogP contribution is -2.38. The first-order chi connectivity index (χ1) is 12.4. The fourth-order valence-electron chi connectivity index (χ4n) is 2.79. The average Bonchev–Trinajstić information content (AvgIpc) is 2.50. The van der Waals surface area contributed by atoms with Crippen molar-refractivity contribution in [3.8, 4) is 5.75 Å². The predicted molar refractivity (Wildman–Crippen MR) is 107 cm³/mol. The van der Waals surface area contributed by atoms with Crippen LogP contribution in [0.4, 0.5) is 4.79 Å². The normalized spacial score (nSPS) is 13.1. The smallest absolute Gasteiger partial charge is 0.407 e. The number of methoxy groups -OCH3 is 1. The Morgan fingerprint density at radius 2 is 1.85 bits per heavy atom. The summed E-state index contributed by atoms with van der Waals surface area (Å²) in [5, 5.41) is 2.78. The molecule has 1 unspecified atom stereocenters. The van der Waals surface area contributed by atoms with Crippen LogP contribution in [-0.2, 0) is 27.4 Å². The Hall–Kier alpha value is -1.76. The van der Waals surface area contributed by atoms with Gasteiger partial charge in [-0.3, -0.25) is 0 Å². The predicted octanol–water partition coefficient (Wildman–Crippen LogP) is 3.90. The van der Waals surface area contributed by atoms with E-state index in [1.807, 2.05) is 13.0 Å². The SMILES string of the molecule is CCCCc1cc(OC)c(CC(C)NC(=O)OC(C)(C)C)cc1S(C)(=O)=O. The van der Waals surface area contributed by atoms with Crippen LogP contribution >= 0.6 is 0 Å². The Morgan fingerprint density at radius 3 is 2.33 bits per heavy atom. The van der Waals surface area contributed by atoms with E-state index in [2.05, 4.69) is 12.2 Å². The molecule has 27 heavy (non-hydrogen) atoms. The molecule has 154 valence electrons. The number of hydrogen-bond donors (Lipinski definition) is 1. The van der Waals surface area contributed by atoms with Gasteiger partial charge in [-0.2, -0.15) is 0 Å². The lowest BCUT2D eigenvalue weighted by Gasteiger charge is -2.22. The Balaban J connectivity index is 3.10. The van der Waals surface area contributed by atoms with E-state index in [1.54, 1.807) is 33.9 Å². The maximum atomic E-state index is 12.3. The summed E-state index contributed by atoms with van der Waals surface area (Å²) in [6.07, 6.45) is 3.71. The number of benzene rings is 1. The van der Waals surface area contributed by atoms with Crippen molar-refractivity contribution in [3.63, 3.8) is 0 Å². The van der Waals surface area contributed by atoms with Crippen LogP contribution in [0.2, 0.25) is 0 Å². The van der Waals surface area contributed by atoms with Gasteiger partial charge in [-0.1, -0.05) is 13.3 Å². The van der Waals surface area contributed by atoms with E-state index < -0.39 is 21.5 Å². The van der Waals surface area contributed by atoms with Crippen molar-refractivity contribution in [2.45, 2.75) is 76.8 Å². The van der Waals surface area contributed by atoms with Gasteiger partial charge in [-0.05, 0) is 70.2 Å². The first-order valence-corrected chi connectivity index (χ1v) is 11.2. The molecule has 0 radical (unpaired) electrons. The van der Waals surface area contributed by atoms with Crippen LogP contribution in [0.25, 0.3) is 0 Å². The molecule has 0 aliphatic carbocycles. The molecule has 0 aliphatic heterocycles. The molecular weight excluding hydrogens is 366 g/mol. The van der Waals surface area contributed by atoms with Crippen LogP contribution in [0.5, 0.6) is 5.75 Å². The van der Waals surface area contributed by atoms with Crippen LogP contribution in [-0.4, -0.2) is 39.5 Å². The van der Waals surface area contributed by atoms with E-state index in [1.165, 1.54) is 6.26 Å². The van der Waals surface area contributed by atoms with Crippen molar-refractivity contribution < 1.29 is 22.7 Å². The number of carbonyl (C=O) groups is 1. The minimum absolute atomic E-state index is 0.248. The van der Waals surface area contributed by atoms with Gasteiger partial charge in [0.1, 0.15) is 11.4 Å². The summed E-state index contributed by atoms with van der Waals surface area (Å²) >= 11 is 0. The van der Waals surface area contributed by atoms with Crippen molar-refractivity contribution in [2.75, 3.05) is 13.4 Å². The summed E-state index contributed by atoms with van der Waals surface area (Å²) in [7, 11) is -1.80. The standard InChI is InChI=1S/C20H33NO5S/c1-8-9-10-15-12-17(25-6)16(13-18(15)27(7,23)24)11-14(2)21-19(22)26-20(3,4)5/h12-14H,8-11H2,1-7H3,(H,21,22). The van der Waals surface area contributed by atoms with Gasteiger partial charge in [0.2, 0.25) is 0 Å². The van der Waals surface area contributed by atoms with Crippen molar-refractivity contribution in [1.82, 2.24) is 5.32 Å². The van der Waals surface area contributed by atoms with Gasteiger partial charge >= 0.3 is 6.09 Å². The van der Waals surface area contributed by atoms with Crippen molar-refractivity contribution in [2.24, 2.45) is 0 Å². The van der Waals surface area contributed by atoms with Crippen molar-refractivity contribution in [3.05, 3.63) is 23.3 Å². The Bertz CT molecular complexity index is 750. The van der Waals surface area contributed by atoms with Crippen molar-refractivity contribution >= 4 is 15.9 Å². The molecule has 0 saturated heterocycles. The molecular formula is C20H33NO5S. The van der Waals surface area contributed by atoms with Gasteiger partial charge in [-0.25, -0.2) is 13.2 Å². The number of aryl methyl sites for hydroxylation is 1. The maximum Gasteiger partial charge on any atom is 0.407 e. The molecule has 0 aromatic heterocycles. The average molecular weight is 400 g/mol. The van der Waals surface area contributed by atoms with Gasteiger partial charge < -0.3 is 14.8 Å². The number of alkyl carbamates (subject to hydrolysis) is 1. The molecule has 1 amide bonds. The minimum Gasteiger partial charge on any atom is -0.496 e. The molecule has 1 aromatic rings. The molecule has 0 saturated carbocycles.